The molecule has 5 heteroatoms. The lowest BCUT2D eigenvalue weighted by Gasteiger charge is -2.16. The van der Waals surface area contributed by atoms with Crippen LogP contribution in [0, 0.1) is 0 Å². The van der Waals surface area contributed by atoms with Crippen molar-refractivity contribution in [2.75, 3.05) is 13.1 Å². The van der Waals surface area contributed by atoms with E-state index in [1.807, 2.05) is 0 Å². The molecule has 0 spiro atoms. The van der Waals surface area contributed by atoms with Crippen molar-refractivity contribution in [1.82, 2.24) is 4.90 Å². The molecule has 0 aliphatic carbocycles. The lowest BCUT2D eigenvalue weighted by molar-refractivity contribution is 0.0791. The van der Waals surface area contributed by atoms with E-state index < -0.39 is 0 Å². The van der Waals surface area contributed by atoms with Gasteiger partial charge in [0.15, 0.2) is 0 Å². The molecule has 1 saturated heterocycles. The van der Waals surface area contributed by atoms with Crippen LogP contribution in [-0.4, -0.2) is 29.9 Å². The van der Waals surface area contributed by atoms with Gasteiger partial charge in [0.25, 0.3) is 5.91 Å². The van der Waals surface area contributed by atoms with E-state index in [0.29, 0.717) is 17.1 Å². The van der Waals surface area contributed by atoms with Crippen LogP contribution in [0.4, 0.5) is 0 Å². The third-order valence-corrected chi connectivity index (χ3v) is 3.30. The van der Waals surface area contributed by atoms with Gasteiger partial charge in [0.05, 0.1) is 0 Å². The molecule has 2 N–H and O–H groups in total. The van der Waals surface area contributed by atoms with Gasteiger partial charge in [0, 0.05) is 34.2 Å². The van der Waals surface area contributed by atoms with Crippen molar-refractivity contribution in [1.29, 1.82) is 0 Å². The van der Waals surface area contributed by atoms with Crippen molar-refractivity contribution in [3.05, 3.63) is 33.3 Å². The van der Waals surface area contributed by atoms with Gasteiger partial charge in [-0.25, -0.2) is 0 Å². The summed E-state index contributed by atoms with van der Waals surface area (Å²) in [5.74, 6) is -0.00356. The Morgan fingerprint density at radius 1 is 1.50 bits per heavy atom. The van der Waals surface area contributed by atoms with Crippen LogP contribution in [0.5, 0.6) is 0 Å². The Labute approximate surface area is 108 Å². The number of benzene rings is 1. The number of nitrogens with two attached hydrogens (primary N) is 1. The average Bonchev–Trinajstić information content (AvgIpc) is 2.62. The van der Waals surface area contributed by atoms with E-state index in [1.165, 1.54) is 0 Å². The highest BCUT2D eigenvalue weighted by molar-refractivity contribution is 9.10. The molecular weight excluding hydrogens is 291 g/mol. The highest BCUT2D eigenvalue weighted by Crippen LogP contribution is 2.21. The summed E-state index contributed by atoms with van der Waals surface area (Å²) in [6, 6.07) is 5.32. The molecule has 0 radical (unpaired) electrons. The van der Waals surface area contributed by atoms with Crippen molar-refractivity contribution >= 4 is 33.4 Å². The Morgan fingerprint density at radius 3 is 2.81 bits per heavy atom. The summed E-state index contributed by atoms with van der Waals surface area (Å²) >= 11 is 9.23. The first-order valence-electron chi connectivity index (χ1n) is 5.07. The van der Waals surface area contributed by atoms with Crippen molar-refractivity contribution in [3.63, 3.8) is 0 Å². The summed E-state index contributed by atoms with van der Waals surface area (Å²) in [4.78, 5) is 13.9. The SMILES string of the molecule is N[C@H]1CCN(C(=O)c2cc(Cl)cc(Br)c2)C1. The largest absolute Gasteiger partial charge is 0.337 e. The number of carbonyl (C=O) groups excluding carboxylic acids is 1. The normalized spacial score (nSPS) is 20.2. The van der Waals surface area contributed by atoms with Crippen LogP contribution in [0.3, 0.4) is 0 Å². The zero-order valence-corrected chi connectivity index (χ0v) is 11.0. The van der Waals surface area contributed by atoms with E-state index >= 15 is 0 Å². The fourth-order valence-corrected chi connectivity index (χ4v) is 2.69. The second-order valence-corrected chi connectivity index (χ2v) is 5.31. The Kier molecular flexibility index (Phi) is 3.52. The molecule has 16 heavy (non-hydrogen) atoms. The number of likely N-dealkylation sites (tertiary alicyclic amines) is 1. The van der Waals surface area contributed by atoms with Gasteiger partial charge >= 0.3 is 0 Å². The molecule has 1 aliphatic heterocycles. The Bertz CT molecular complexity index is 404. The average molecular weight is 304 g/mol. The Balaban J connectivity index is 2.20. The van der Waals surface area contributed by atoms with E-state index in [0.717, 1.165) is 17.4 Å². The number of carbonyl (C=O) groups is 1. The van der Waals surface area contributed by atoms with Gasteiger partial charge in [0.2, 0.25) is 0 Å². The molecule has 0 bridgehead atoms. The highest BCUT2D eigenvalue weighted by Gasteiger charge is 2.24. The van der Waals surface area contributed by atoms with Gasteiger partial charge in [-0.15, -0.1) is 0 Å². The molecule has 1 heterocycles. The number of hydrogen-bond donors (Lipinski definition) is 1. The van der Waals surface area contributed by atoms with Crippen molar-refractivity contribution in [3.8, 4) is 0 Å². The molecule has 2 rings (SSSR count). The molecule has 1 aromatic carbocycles. The fraction of sp³-hybridized carbons (Fsp3) is 0.364. The van der Waals surface area contributed by atoms with E-state index in [-0.39, 0.29) is 11.9 Å². The molecule has 1 aromatic rings. The Morgan fingerprint density at radius 2 is 2.25 bits per heavy atom. The summed E-state index contributed by atoms with van der Waals surface area (Å²) in [6.45, 7) is 1.35. The third kappa shape index (κ3) is 2.56. The van der Waals surface area contributed by atoms with E-state index in [2.05, 4.69) is 15.9 Å². The van der Waals surface area contributed by atoms with Crippen LogP contribution < -0.4 is 5.73 Å². The maximum atomic E-state index is 12.1. The quantitative estimate of drug-likeness (QED) is 0.865. The zero-order chi connectivity index (χ0) is 11.7. The second-order valence-electron chi connectivity index (χ2n) is 3.96. The molecule has 0 saturated carbocycles. The van der Waals surface area contributed by atoms with Gasteiger partial charge in [-0.3, -0.25) is 4.79 Å². The van der Waals surface area contributed by atoms with Crippen LogP contribution in [0.25, 0.3) is 0 Å². The van der Waals surface area contributed by atoms with E-state index in [9.17, 15) is 4.79 Å². The standard InChI is InChI=1S/C11H12BrClN2O/c12-8-3-7(4-9(13)5-8)11(16)15-2-1-10(14)6-15/h3-5,10H,1-2,6,14H2/t10-/m0/s1. The minimum Gasteiger partial charge on any atom is -0.337 e. The zero-order valence-electron chi connectivity index (χ0n) is 8.62. The predicted molar refractivity (Wildman–Crippen MR) is 67.6 cm³/mol. The lowest BCUT2D eigenvalue weighted by Crippen LogP contribution is -2.31. The molecule has 0 aromatic heterocycles. The molecule has 1 aliphatic rings. The number of nitrogens with zero attached hydrogens (tertiary/aromatic N) is 1. The number of halogens is 2. The van der Waals surface area contributed by atoms with Gasteiger partial charge in [-0.1, -0.05) is 27.5 Å². The van der Waals surface area contributed by atoms with Crippen molar-refractivity contribution in [2.45, 2.75) is 12.5 Å². The molecule has 86 valence electrons. The fourth-order valence-electron chi connectivity index (χ4n) is 1.83. The van der Waals surface area contributed by atoms with Gasteiger partial charge in [-0.2, -0.15) is 0 Å². The predicted octanol–water partition coefficient (Wildman–Crippen LogP) is 2.28. The first-order chi connectivity index (χ1) is 7.56. The van der Waals surface area contributed by atoms with Crippen LogP contribution in [0.15, 0.2) is 22.7 Å². The van der Waals surface area contributed by atoms with Crippen LogP contribution in [-0.2, 0) is 0 Å². The summed E-state index contributed by atoms with van der Waals surface area (Å²) in [5.41, 5.74) is 6.38. The van der Waals surface area contributed by atoms with E-state index in [1.54, 1.807) is 23.1 Å². The summed E-state index contributed by atoms with van der Waals surface area (Å²) < 4.78 is 0.812. The maximum Gasteiger partial charge on any atom is 0.253 e. The summed E-state index contributed by atoms with van der Waals surface area (Å²) in [5, 5.41) is 0.557. The molecule has 1 amide bonds. The first kappa shape index (κ1) is 11.9. The van der Waals surface area contributed by atoms with Gasteiger partial charge in [-0.05, 0) is 24.6 Å². The van der Waals surface area contributed by atoms with E-state index in [4.69, 9.17) is 17.3 Å². The highest BCUT2D eigenvalue weighted by atomic mass is 79.9. The monoisotopic (exact) mass is 302 g/mol. The molecule has 1 atom stereocenters. The Hall–Kier alpha value is -0.580. The van der Waals surface area contributed by atoms with Crippen molar-refractivity contribution < 1.29 is 4.79 Å². The topological polar surface area (TPSA) is 46.3 Å². The van der Waals surface area contributed by atoms with Crippen molar-refractivity contribution in [2.24, 2.45) is 5.73 Å². The number of hydrogen-bond acceptors (Lipinski definition) is 2. The first-order valence-corrected chi connectivity index (χ1v) is 6.24. The number of amides is 1. The maximum absolute atomic E-state index is 12.1. The van der Waals surface area contributed by atoms with Crippen LogP contribution in [0.1, 0.15) is 16.8 Å². The summed E-state index contributed by atoms with van der Waals surface area (Å²) in [7, 11) is 0. The lowest BCUT2D eigenvalue weighted by atomic mass is 10.2. The van der Waals surface area contributed by atoms with Gasteiger partial charge in [0.1, 0.15) is 0 Å². The molecule has 3 nitrogen and oxygen atoms in total. The molecule has 0 unspecified atom stereocenters. The van der Waals surface area contributed by atoms with Gasteiger partial charge < -0.3 is 10.6 Å². The smallest absolute Gasteiger partial charge is 0.253 e. The molecule has 1 fully saturated rings. The molecular formula is C11H12BrClN2O. The second kappa shape index (κ2) is 4.73. The van der Waals surface area contributed by atoms with Crippen LogP contribution >= 0.6 is 27.5 Å². The third-order valence-electron chi connectivity index (χ3n) is 2.62. The summed E-state index contributed by atoms with van der Waals surface area (Å²) in [6.07, 6.45) is 0.869. The van der Waals surface area contributed by atoms with Crippen LogP contribution in [0.2, 0.25) is 5.02 Å². The minimum absolute atomic E-state index is 0.00356. The minimum atomic E-state index is -0.00356. The number of rotatable bonds is 1.